The van der Waals surface area contributed by atoms with Crippen LogP contribution < -0.4 is 0 Å². The van der Waals surface area contributed by atoms with Gasteiger partial charge in [0.15, 0.2) is 22.5 Å². The van der Waals surface area contributed by atoms with Crippen molar-refractivity contribution in [2.75, 3.05) is 18.1 Å². The van der Waals surface area contributed by atoms with Crippen LogP contribution in [0.3, 0.4) is 0 Å². The van der Waals surface area contributed by atoms with E-state index in [1.165, 1.54) is 32.1 Å². The minimum Gasteiger partial charge on any atom is -0.457 e. The molecule has 11 rings (SSSR count). The molecule has 436 valence electrons. The Morgan fingerprint density at radius 1 is 0.595 bits per heavy atom. The van der Waals surface area contributed by atoms with Crippen molar-refractivity contribution in [1.82, 2.24) is 0 Å². The number of carbonyl (C=O) groups excluding carboxylic acids is 6. The summed E-state index contributed by atoms with van der Waals surface area (Å²) in [5.41, 5.74) is 0.216. The molecule has 16 atom stereocenters. The highest BCUT2D eigenvalue weighted by Crippen LogP contribution is 2.58. The van der Waals surface area contributed by atoms with Crippen LogP contribution in [-0.2, 0) is 116 Å². The standard InChI is InChI=1S/C14H18O7S.C13H16O7S.C13H16O4S2.C11H14O5S/c1-6(2)13(15)19-7(3)14(16)20-11-8-4-9-10(5-8)22(17,18)21-12(9)11;1-6(2)13(15)18-5-10(14)19-11-7-3-8-9(4-7)21(16,17)20-12(8)11;1-10(2)12(14)17-13(11-4-3-7-18-11)5-8-19(15,16)9-6-13;1-5(2)11(12)15-9-6-3-7-8(4-6)17(13,14)16-10(7)9/h7-12H,1,4-5H2,2-3H3;7-9,11-12H,1,3-5H2,2H3;3-4,7H,1,5-6,8-9H2,2H3;6-10H,1,3-4H2,2H3. The molecule has 6 bridgehead atoms. The minimum atomic E-state index is -3.54. The first-order valence-electron chi connectivity index (χ1n) is 25.6. The van der Waals surface area contributed by atoms with Gasteiger partial charge in [0.25, 0.3) is 30.4 Å². The first-order chi connectivity index (χ1) is 36.7. The predicted octanol–water partition coefficient (Wildman–Crippen LogP) is 3.58. The number of ether oxygens (including phenoxy) is 6. The summed E-state index contributed by atoms with van der Waals surface area (Å²) in [6.07, 6.45) is -0.0251. The Balaban J connectivity index is 0.000000139. The van der Waals surface area contributed by atoms with E-state index >= 15 is 0 Å². The van der Waals surface area contributed by atoms with E-state index in [-0.39, 0.29) is 63.4 Å². The van der Waals surface area contributed by atoms with Crippen molar-refractivity contribution >= 4 is 87.3 Å². The van der Waals surface area contributed by atoms with Crippen molar-refractivity contribution in [1.29, 1.82) is 0 Å². The highest BCUT2D eigenvalue weighted by atomic mass is 32.2. The number of sulfone groups is 1. The summed E-state index contributed by atoms with van der Waals surface area (Å²) >= 11 is 1.48. The van der Waals surface area contributed by atoms with E-state index in [9.17, 15) is 62.4 Å². The molecule has 5 heterocycles. The van der Waals surface area contributed by atoms with Crippen LogP contribution in [0, 0.1) is 35.5 Å². The van der Waals surface area contributed by atoms with Crippen molar-refractivity contribution in [3.05, 3.63) is 71.0 Å². The van der Waals surface area contributed by atoms with Crippen molar-refractivity contribution in [2.24, 2.45) is 35.5 Å². The van der Waals surface area contributed by atoms with Crippen molar-refractivity contribution in [3.8, 4) is 0 Å². The predicted molar refractivity (Wildman–Crippen MR) is 277 cm³/mol. The SMILES string of the molecule is C=C(C)C(=O)OC(C)C(=O)OC1C2CC3C1OS(=O)(=O)C3C2.C=C(C)C(=O)OC1(c2cccs2)CCS(=O)(=O)CC1.C=C(C)C(=O)OC1C2CC3C1OS(=O)(=O)C3C2.C=C(C)C(=O)OCC(=O)OC1C2CC3C1OS(=O)(=O)C3C2. The van der Waals surface area contributed by atoms with Gasteiger partial charge in [-0.05, 0) is 84.6 Å². The second-order valence-electron chi connectivity index (χ2n) is 21.9. The number of hydrogen-bond donors (Lipinski definition) is 0. The molecule has 23 nitrogen and oxygen atoms in total. The van der Waals surface area contributed by atoms with Gasteiger partial charge < -0.3 is 28.4 Å². The maximum atomic E-state index is 12.0. The molecular weight excluding hydrogens is 1140 g/mol. The molecular formula is C51H64O23S5. The molecule has 1 aromatic heterocycles. The summed E-state index contributed by atoms with van der Waals surface area (Å²) in [6, 6.07) is 3.76. The number of hydrogen-bond acceptors (Lipinski definition) is 24. The van der Waals surface area contributed by atoms with Crippen LogP contribution in [0.15, 0.2) is 66.1 Å². The molecule has 0 N–H and O–H groups in total. The lowest BCUT2D eigenvalue weighted by atomic mass is 9.94. The number of carbonyl (C=O) groups is 6. The molecule has 6 aliphatic carbocycles. The van der Waals surface area contributed by atoms with E-state index < -0.39 is 141 Å². The summed E-state index contributed by atoms with van der Waals surface area (Å²) in [5.74, 6) is -3.63. The molecule has 4 saturated heterocycles. The van der Waals surface area contributed by atoms with E-state index in [0.29, 0.717) is 56.1 Å². The molecule has 28 heteroatoms. The van der Waals surface area contributed by atoms with Crippen LogP contribution in [0.5, 0.6) is 0 Å². The Morgan fingerprint density at radius 2 is 1.01 bits per heavy atom. The highest BCUT2D eigenvalue weighted by molar-refractivity contribution is 7.91. The Morgan fingerprint density at radius 3 is 1.42 bits per heavy atom. The molecule has 6 saturated carbocycles. The molecule has 10 fully saturated rings. The normalized spacial score (nSPS) is 35.5. The van der Waals surface area contributed by atoms with Gasteiger partial charge in [-0.3, -0.25) is 12.5 Å². The lowest BCUT2D eigenvalue weighted by molar-refractivity contribution is -0.173. The molecule has 0 spiro atoms. The van der Waals surface area contributed by atoms with Gasteiger partial charge in [0.05, 0.1) is 27.3 Å². The molecule has 1 aromatic rings. The minimum absolute atomic E-state index is 0.00284. The summed E-state index contributed by atoms with van der Waals surface area (Å²) in [4.78, 5) is 70.5. The maximum Gasteiger partial charge on any atom is 0.347 e. The monoisotopic (exact) mass is 1200 g/mol. The summed E-state index contributed by atoms with van der Waals surface area (Å²) in [5, 5.41) is 0.603. The quantitative estimate of drug-likeness (QED) is 0.118. The van der Waals surface area contributed by atoms with Crippen LogP contribution in [0.25, 0.3) is 0 Å². The summed E-state index contributed by atoms with van der Waals surface area (Å²) in [7, 11) is -13.5. The molecule has 0 aromatic carbocycles. The zero-order valence-electron chi connectivity index (χ0n) is 44.0. The third kappa shape index (κ3) is 12.4. The van der Waals surface area contributed by atoms with E-state index in [1.54, 1.807) is 13.8 Å². The van der Waals surface area contributed by atoms with E-state index in [1.807, 2.05) is 17.5 Å². The van der Waals surface area contributed by atoms with E-state index in [0.717, 1.165) is 11.3 Å². The second kappa shape index (κ2) is 22.5. The topological polar surface area (TPSA) is 322 Å². The third-order valence-electron chi connectivity index (χ3n) is 16.2. The number of rotatable bonds is 13. The Hall–Kier alpha value is -4.84. The maximum absolute atomic E-state index is 12.0. The molecule has 0 amide bonds. The van der Waals surface area contributed by atoms with Gasteiger partial charge in [-0.2, -0.15) is 25.3 Å². The van der Waals surface area contributed by atoms with Crippen LogP contribution in [0.2, 0.25) is 0 Å². The fourth-order valence-corrected chi connectivity index (χ4v) is 20.5. The average molecular weight is 1210 g/mol. The third-order valence-corrected chi connectivity index (χ3v) is 24.3. The molecule has 10 aliphatic rings. The molecule has 16 unspecified atom stereocenters. The Bertz CT molecular complexity index is 3150. The smallest absolute Gasteiger partial charge is 0.347 e. The fraction of sp³-hybridized carbons (Fsp3) is 0.647. The van der Waals surface area contributed by atoms with E-state index in [2.05, 4.69) is 26.3 Å². The lowest BCUT2D eigenvalue weighted by Gasteiger charge is -2.35. The Kier molecular flexibility index (Phi) is 17.2. The largest absolute Gasteiger partial charge is 0.457 e. The zero-order chi connectivity index (χ0) is 58.1. The summed E-state index contributed by atoms with van der Waals surface area (Å²) in [6.45, 7) is 20.9. The van der Waals surface area contributed by atoms with Gasteiger partial charge in [0, 0.05) is 75.5 Å². The van der Waals surface area contributed by atoms with Crippen LogP contribution in [-0.4, -0.2) is 146 Å². The van der Waals surface area contributed by atoms with E-state index in [4.69, 9.17) is 41.0 Å². The Labute approximate surface area is 463 Å². The second-order valence-corrected chi connectivity index (χ2v) is 30.5. The molecule has 4 aliphatic heterocycles. The van der Waals surface area contributed by atoms with Gasteiger partial charge in [-0.15, -0.1) is 11.3 Å². The van der Waals surface area contributed by atoms with Gasteiger partial charge in [0.1, 0.15) is 42.2 Å². The van der Waals surface area contributed by atoms with Gasteiger partial charge in [-0.1, -0.05) is 32.4 Å². The van der Waals surface area contributed by atoms with Gasteiger partial charge in [-0.25, -0.2) is 37.2 Å². The molecule has 79 heavy (non-hydrogen) atoms. The van der Waals surface area contributed by atoms with Crippen LogP contribution in [0.4, 0.5) is 0 Å². The molecule has 0 radical (unpaired) electrons. The van der Waals surface area contributed by atoms with Crippen molar-refractivity contribution < 1.29 is 103 Å². The average Bonchev–Trinajstić information content (AvgIpc) is 3.30. The van der Waals surface area contributed by atoms with Gasteiger partial charge >= 0.3 is 35.8 Å². The van der Waals surface area contributed by atoms with Gasteiger partial charge in [0.2, 0.25) is 0 Å². The van der Waals surface area contributed by atoms with Crippen molar-refractivity contribution in [2.45, 2.75) is 150 Å². The number of fused-ring (bicyclic) bond motifs is 3. The lowest BCUT2D eigenvalue weighted by Crippen LogP contribution is -2.40. The number of thiophene rings is 1. The van der Waals surface area contributed by atoms with Crippen LogP contribution in [0.1, 0.15) is 90.9 Å². The highest BCUT2D eigenvalue weighted by Gasteiger charge is 2.68. The first-order valence-corrected chi connectivity index (χ1v) is 32.7. The number of esters is 6. The first kappa shape index (κ1) is 60.3. The van der Waals surface area contributed by atoms with Crippen molar-refractivity contribution in [3.63, 3.8) is 0 Å². The summed E-state index contributed by atoms with van der Waals surface area (Å²) < 4.78 is 140. The van der Waals surface area contributed by atoms with Crippen LogP contribution >= 0.6 is 11.3 Å². The zero-order valence-corrected chi connectivity index (χ0v) is 48.1. The fourth-order valence-electron chi connectivity index (χ4n) is 12.4.